The SMILES string of the molecule is CN(CCO)CC(O)c1ccccc1.CNCCO.c1ccc(C2CO2)cc1. The molecule has 2 unspecified atom stereocenters. The van der Waals surface area contributed by atoms with Crippen molar-refractivity contribution in [2.24, 2.45) is 0 Å². The standard InChI is InChI=1S/C11H17NO2.C8H8O.C3H9NO/c1-12(7-8-13)9-11(14)10-5-3-2-4-6-10;1-2-4-7(5-3-1)8-6-9-8;1-4-2-3-5/h2-6,11,13-14H,7-9H2,1H3;1-5,8H,6H2;4-5H,2-3H2,1H3. The van der Waals surface area contributed by atoms with E-state index < -0.39 is 6.10 Å². The normalized spacial score (nSPS) is 15.7. The molecule has 2 aromatic rings. The Balaban J connectivity index is 0.000000238. The Morgan fingerprint density at radius 2 is 1.61 bits per heavy atom. The van der Waals surface area contributed by atoms with Gasteiger partial charge in [-0.2, -0.15) is 0 Å². The van der Waals surface area contributed by atoms with E-state index in [1.54, 1.807) is 7.05 Å². The van der Waals surface area contributed by atoms with Gasteiger partial charge in [-0.1, -0.05) is 60.7 Å². The van der Waals surface area contributed by atoms with Crippen LogP contribution >= 0.6 is 0 Å². The first-order valence-electron chi connectivity index (χ1n) is 9.56. The fourth-order valence-corrected chi connectivity index (χ4v) is 2.36. The molecule has 0 spiro atoms. The third-order valence-electron chi connectivity index (χ3n) is 4.02. The maximum absolute atomic E-state index is 9.79. The van der Waals surface area contributed by atoms with E-state index in [0.717, 1.165) is 12.2 Å². The van der Waals surface area contributed by atoms with Crippen LogP contribution in [0, 0.1) is 0 Å². The van der Waals surface area contributed by atoms with Crippen LogP contribution in [0.4, 0.5) is 0 Å². The Labute approximate surface area is 168 Å². The molecule has 2 atom stereocenters. The Hall–Kier alpha value is -1.80. The highest BCUT2D eigenvalue weighted by Crippen LogP contribution is 2.28. The van der Waals surface area contributed by atoms with Crippen LogP contribution in [0.15, 0.2) is 60.7 Å². The molecule has 0 bridgehead atoms. The van der Waals surface area contributed by atoms with Gasteiger partial charge in [-0.15, -0.1) is 0 Å². The predicted molar refractivity (Wildman–Crippen MR) is 112 cm³/mol. The number of aliphatic hydroxyl groups is 3. The van der Waals surface area contributed by atoms with Gasteiger partial charge in [0.05, 0.1) is 25.9 Å². The minimum Gasteiger partial charge on any atom is -0.395 e. The highest BCUT2D eigenvalue weighted by Gasteiger charge is 2.23. The summed E-state index contributed by atoms with van der Waals surface area (Å²) >= 11 is 0. The van der Waals surface area contributed by atoms with Crippen LogP contribution in [-0.2, 0) is 4.74 Å². The van der Waals surface area contributed by atoms with E-state index >= 15 is 0 Å². The monoisotopic (exact) mass is 390 g/mol. The molecule has 0 aliphatic carbocycles. The summed E-state index contributed by atoms with van der Waals surface area (Å²) in [6.45, 7) is 3.09. The highest BCUT2D eigenvalue weighted by atomic mass is 16.6. The van der Waals surface area contributed by atoms with Crippen molar-refractivity contribution >= 4 is 0 Å². The molecule has 0 aromatic heterocycles. The third-order valence-corrected chi connectivity index (χ3v) is 4.02. The molecule has 1 saturated heterocycles. The van der Waals surface area contributed by atoms with E-state index in [4.69, 9.17) is 14.9 Å². The molecule has 0 amide bonds. The second kappa shape index (κ2) is 15.2. The first kappa shape index (κ1) is 24.2. The molecule has 156 valence electrons. The van der Waals surface area contributed by atoms with Gasteiger partial charge in [0.2, 0.25) is 0 Å². The van der Waals surface area contributed by atoms with E-state index in [2.05, 4.69) is 17.4 Å². The van der Waals surface area contributed by atoms with Crippen LogP contribution in [0.5, 0.6) is 0 Å². The molecule has 0 radical (unpaired) electrons. The van der Waals surface area contributed by atoms with Crippen molar-refractivity contribution in [2.75, 3.05) is 53.6 Å². The molecule has 1 aliphatic heterocycles. The first-order valence-corrected chi connectivity index (χ1v) is 9.56. The minimum absolute atomic E-state index is 0.123. The van der Waals surface area contributed by atoms with Gasteiger partial charge in [0, 0.05) is 19.6 Å². The number of rotatable bonds is 8. The molecule has 2 aromatic carbocycles. The number of likely N-dealkylation sites (N-methyl/N-ethyl adjacent to an activating group) is 2. The summed E-state index contributed by atoms with van der Waals surface area (Å²) in [6, 6.07) is 19.8. The van der Waals surface area contributed by atoms with Gasteiger partial charge in [0.25, 0.3) is 0 Å². The van der Waals surface area contributed by atoms with Gasteiger partial charge < -0.3 is 30.3 Å². The number of ether oxygens (including phenoxy) is 1. The summed E-state index contributed by atoms with van der Waals surface area (Å²) in [5.41, 5.74) is 2.22. The summed E-state index contributed by atoms with van der Waals surface area (Å²) in [7, 11) is 3.68. The lowest BCUT2D eigenvalue weighted by atomic mass is 10.1. The Morgan fingerprint density at radius 3 is 2.04 bits per heavy atom. The number of nitrogens with one attached hydrogen (secondary N) is 1. The average molecular weight is 391 g/mol. The molecule has 28 heavy (non-hydrogen) atoms. The van der Waals surface area contributed by atoms with Crippen molar-refractivity contribution in [3.8, 4) is 0 Å². The van der Waals surface area contributed by atoms with Gasteiger partial charge in [0.1, 0.15) is 6.10 Å². The summed E-state index contributed by atoms with van der Waals surface area (Å²) < 4.78 is 5.09. The smallest absolute Gasteiger partial charge is 0.106 e. The molecule has 6 nitrogen and oxygen atoms in total. The zero-order valence-corrected chi connectivity index (χ0v) is 16.9. The summed E-state index contributed by atoms with van der Waals surface area (Å²) in [5, 5.41) is 29.3. The lowest BCUT2D eigenvalue weighted by Gasteiger charge is -2.19. The first-order chi connectivity index (χ1) is 13.6. The summed E-state index contributed by atoms with van der Waals surface area (Å²) in [5.74, 6) is 0. The van der Waals surface area contributed by atoms with Crippen molar-refractivity contribution in [3.63, 3.8) is 0 Å². The van der Waals surface area contributed by atoms with Gasteiger partial charge in [-0.3, -0.25) is 0 Å². The fourth-order valence-electron chi connectivity index (χ4n) is 2.36. The lowest BCUT2D eigenvalue weighted by molar-refractivity contribution is 0.115. The molecule has 4 N–H and O–H groups in total. The van der Waals surface area contributed by atoms with Crippen LogP contribution in [0.2, 0.25) is 0 Å². The van der Waals surface area contributed by atoms with E-state index in [0.29, 0.717) is 25.7 Å². The maximum Gasteiger partial charge on any atom is 0.106 e. The van der Waals surface area contributed by atoms with Gasteiger partial charge >= 0.3 is 0 Å². The molecule has 1 aliphatic rings. The van der Waals surface area contributed by atoms with Crippen LogP contribution in [0.3, 0.4) is 0 Å². The Morgan fingerprint density at radius 1 is 1.04 bits per heavy atom. The van der Waals surface area contributed by atoms with Gasteiger partial charge in [-0.05, 0) is 25.2 Å². The summed E-state index contributed by atoms with van der Waals surface area (Å²) in [6.07, 6.45) is -0.0704. The third kappa shape index (κ3) is 11.1. The quantitative estimate of drug-likeness (QED) is 0.512. The number of aliphatic hydroxyl groups excluding tert-OH is 3. The second-order valence-electron chi connectivity index (χ2n) is 6.47. The number of hydrogen-bond acceptors (Lipinski definition) is 6. The van der Waals surface area contributed by atoms with Crippen molar-refractivity contribution in [2.45, 2.75) is 12.2 Å². The van der Waals surface area contributed by atoms with Crippen LogP contribution in [0.25, 0.3) is 0 Å². The van der Waals surface area contributed by atoms with E-state index in [9.17, 15) is 5.11 Å². The molecule has 6 heteroatoms. The second-order valence-corrected chi connectivity index (χ2v) is 6.47. The van der Waals surface area contributed by atoms with Crippen molar-refractivity contribution in [1.29, 1.82) is 0 Å². The predicted octanol–water partition coefficient (Wildman–Crippen LogP) is 1.60. The highest BCUT2D eigenvalue weighted by molar-refractivity contribution is 5.20. The van der Waals surface area contributed by atoms with Crippen molar-refractivity contribution in [3.05, 3.63) is 71.8 Å². The van der Waals surface area contributed by atoms with Crippen LogP contribution in [0.1, 0.15) is 23.3 Å². The van der Waals surface area contributed by atoms with E-state index in [1.165, 1.54) is 5.56 Å². The molecular formula is C22H34N2O4. The van der Waals surface area contributed by atoms with Crippen molar-refractivity contribution in [1.82, 2.24) is 10.2 Å². The van der Waals surface area contributed by atoms with Crippen LogP contribution in [-0.4, -0.2) is 73.8 Å². The number of benzene rings is 2. The zero-order chi connectivity index (χ0) is 20.6. The van der Waals surface area contributed by atoms with Gasteiger partial charge in [0.15, 0.2) is 0 Å². The number of hydrogen-bond donors (Lipinski definition) is 4. The molecule has 0 saturated carbocycles. The zero-order valence-electron chi connectivity index (χ0n) is 16.9. The number of nitrogens with zero attached hydrogens (tertiary/aromatic N) is 1. The molecular weight excluding hydrogens is 356 g/mol. The fraction of sp³-hybridized carbons (Fsp3) is 0.455. The summed E-state index contributed by atoms with van der Waals surface area (Å²) in [4.78, 5) is 1.90. The van der Waals surface area contributed by atoms with Crippen LogP contribution < -0.4 is 5.32 Å². The molecule has 3 rings (SSSR count). The van der Waals surface area contributed by atoms with E-state index in [1.807, 2.05) is 60.5 Å². The van der Waals surface area contributed by atoms with Gasteiger partial charge in [-0.25, -0.2) is 0 Å². The van der Waals surface area contributed by atoms with E-state index in [-0.39, 0.29) is 13.2 Å². The molecule has 1 fully saturated rings. The van der Waals surface area contributed by atoms with Crippen molar-refractivity contribution < 1.29 is 20.1 Å². The number of epoxide rings is 1. The Kier molecular flexibility index (Phi) is 13.1. The average Bonchev–Trinajstić information content (AvgIpc) is 3.56. The minimum atomic E-state index is -0.479. The topological polar surface area (TPSA) is 88.5 Å². The largest absolute Gasteiger partial charge is 0.395 e. The maximum atomic E-state index is 9.79. The molecule has 1 heterocycles. The lowest BCUT2D eigenvalue weighted by Crippen LogP contribution is -2.27. The Bertz CT molecular complexity index is 592.